The van der Waals surface area contributed by atoms with E-state index in [1.165, 1.54) is 5.56 Å². The highest BCUT2D eigenvalue weighted by atomic mass is 79.9. The Morgan fingerprint density at radius 1 is 1.32 bits per heavy atom. The van der Waals surface area contributed by atoms with Gasteiger partial charge in [0.05, 0.1) is 3.79 Å². The van der Waals surface area contributed by atoms with E-state index in [9.17, 15) is 5.11 Å². The van der Waals surface area contributed by atoms with E-state index in [0.717, 1.165) is 26.4 Å². The Labute approximate surface area is 125 Å². The normalized spacial score (nSPS) is 17.9. The lowest BCUT2D eigenvalue weighted by molar-refractivity contribution is 0.138. The number of ether oxygens (including phenoxy) is 1. The van der Waals surface area contributed by atoms with Crippen molar-refractivity contribution in [1.82, 2.24) is 0 Å². The molecule has 0 aliphatic carbocycles. The zero-order valence-electron chi connectivity index (χ0n) is 10.8. The Hall–Kier alpha value is -0.840. The van der Waals surface area contributed by atoms with Gasteiger partial charge < -0.3 is 9.84 Å². The minimum atomic E-state index is -0.565. The molecule has 1 aliphatic rings. The van der Waals surface area contributed by atoms with E-state index in [2.05, 4.69) is 35.8 Å². The smallest absolute Gasteiger partial charge is 0.123 e. The number of hydrogen-bond donors (Lipinski definition) is 1. The van der Waals surface area contributed by atoms with Crippen molar-refractivity contribution in [1.29, 1.82) is 0 Å². The largest absolute Gasteiger partial charge is 0.487 e. The predicted octanol–water partition coefficient (Wildman–Crippen LogP) is 4.31. The van der Waals surface area contributed by atoms with Gasteiger partial charge in [0.2, 0.25) is 0 Å². The van der Waals surface area contributed by atoms with Gasteiger partial charge in [0.25, 0.3) is 0 Å². The van der Waals surface area contributed by atoms with Crippen LogP contribution < -0.4 is 4.74 Å². The zero-order valence-corrected chi connectivity index (χ0v) is 13.2. The van der Waals surface area contributed by atoms with E-state index in [0.29, 0.717) is 0 Å². The van der Waals surface area contributed by atoms with Crippen molar-refractivity contribution in [2.24, 2.45) is 0 Å². The average Bonchev–Trinajstić information content (AvgIpc) is 2.88. The highest BCUT2D eigenvalue weighted by molar-refractivity contribution is 9.11. The van der Waals surface area contributed by atoms with E-state index in [-0.39, 0.29) is 5.60 Å². The zero-order chi connectivity index (χ0) is 13.6. The molecule has 0 amide bonds. The molecular formula is C15H15BrO2S. The minimum Gasteiger partial charge on any atom is -0.487 e. The van der Waals surface area contributed by atoms with Crippen molar-refractivity contribution < 1.29 is 9.84 Å². The standard InChI is InChI=1S/C15H15BrO2S/c1-15(2)8-10-7-9(3-4-11(10)18-15)14(17)12-5-6-13(16)19-12/h3-7,14,17H,8H2,1-2H3. The fraction of sp³-hybridized carbons (Fsp3) is 0.333. The first-order chi connectivity index (χ1) is 8.94. The van der Waals surface area contributed by atoms with Crippen LogP contribution in [0.25, 0.3) is 0 Å². The average molecular weight is 339 g/mol. The van der Waals surface area contributed by atoms with E-state index < -0.39 is 6.10 Å². The Balaban J connectivity index is 1.92. The van der Waals surface area contributed by atoms with Crippen LogP contribution in [0.3, 0.4) is 0 Å². The maximum absolute atomic E-state index is 10.4. The number of halogens is 1. The number of fused-ring (bicyclic) bond motifs is 1. The van der Waals surface area contributed by atoms with E-state index >= 15 is 0 Å². The fourth-order valence-corrected chi connectivity index (χ4v) is 3.88. The monoisotopic (exact) mass is 338 g/mol. The molecule has 1 aliphatic heterocycles. The van der Waals surface area contributed by atoms with Crippen molar-refractivity contribution in [3.05, 3.63) is 50.1 Å². The van der Waals surface area contributed by atoms with Crippen LogP contribution >= 0.6 is 27.3 Å². The summed E-state index contributed by atoms with van der Waals surface area (Å²) in [5.74, 6) is 0.938. The molecule has 0 saturated carbocycles. The van der Waals surface area contributed by atoms with Gasteiger partial charge >= 0.3 is 0 Å². The van der Waals surface area contributed by atoms with Gasteiger partial charge in [0.1, 0.15) is 17.5 Å². The number of thiophene rings is 1. The first-order valence-electron chi connectivity index (χ1n) is 6.20. The van der Waals surface area contributed by atoms with Crippen LogP contribution in [0.2, 0.25) is 0 Å². The summed E-state index contributed by atoms with van der Waals surface area (Å²) in [6.45, 7) is 4.17. The van der Waals surface area contributed by atoms with Crippen LogP contribution in [-0.2, 0) is 6.42 Å². The third-order valence-corrected chi connectivity index (χ3v) is 4.94. The minimum absolute atomic E-state index is 0.141. The predicted molar refractivity (Wildman–Crippen MR) is 80.9 cm³/mol. The first kappa shape index (κ1) is 13.2. The molecular weight excluding hydrogens is 324 g/mol. The first-order valence-corrected chi connectivity index (χ1v) is 7.81. The molecule has 0 bridgehead atoms. The summed E-state index contributed by atoms with van der Waals surface area (Å²) in [7, 11) is 0. The molecule has 1 aromatic heterocycles. The number of aliphatic hydroxyl groups excluding tert-OH is 1. The SMILES string of the molecule is CC1(C)Cc2cc(C(O)c3ccc(Br)s3)ccc2O1. The highest BCUT2D eigenvalue weighted by Crippen LogP contribution is 2.38. The summed E-state index contributed by atoms with van der Waals surface area (Å²) in [6, 6.07) is 9.88. The maximum atomic E-state index is 10.4. The third-order valence-electron chi connectivity index (χ3n) is 3.27. The molecule has 1 N–H and O–H groups in total. The molecule has 100 valence electrons. The Kier molecular flexibility index (Phi) is 3.20. The molecule has 1 unspecified atom stereocenters. The molecule has 4 heteroatoms. The Morgan fingerprint density at radius 2 is 2.11 bits per heavy atom. The second kappa shape index (κ2) is 4.62. The van der Waals surface area contributed by atoms with Gasteiger partial charge in [-0.1, -0.05) is 6.07 Å². The van der Waals surface area contributed by atoms with Gasteiger partial charge in [-0.2, -0.15) is 0 Å². The Morgan fingerprint density at radius 3 is 2.79 bits per heavy atom. The van der Waals surface area contributed by atoms with Crippen LogP contribution in [0.5, 0.6) is 5.75 Å². The van der Waals surface area contributed by atoms with Gasteiger partial charge in [0, 0.05) is 11.3 Å². The molecule has 19 heavy (non-hydrogen) atoms. The van der Waals surface area contributed by atoms with Gasteiger partial charge in [-0.15, -0.1) is 11.3 Å². The summed E-state index contributed by atoms with van der Waals surface area (Å²) in [5.41, 5.74) is 1.96. The molecule has 1 aromatic carbocycles. The molecule has 3 rings (SSSR count). The fourth-order valence-electron chi connectivity index (χ4n) is 2.44. The topological polar surface area (TPSA) is 29.5 Å². The van der Waals surface area contributed by atoms with Crippen LogP contribution in [0.15, 0.2) is 34.1 Å². The molecule has 0 fully saturated rings. The molecule has 0 saturated heterocycles. The summed E-state index contributed by atoms with van der Waals surface area (Å²) >= 11 is 4.98. The number of aliphatic hydroxyl groups is 1. The number of benzene rings is 1. The molecule has 1 atom stereocenters. The summed E-state index contributed by atoms with van der Waals surface area (Å²) in [6.07, 6.45) is 0.321. The third kappa shape index (κ3) is 2.57. The maximum Gasteiger partial charge on any atom is 0.123 e. The molecule has 0 radical (unpaired) electrons. The lowest BCUT2D eigenvalue weighted by atomic mass is 9.98. The van der Waals surface area contributed by atoms with Gasteiger partial charge in [0.15, 0.2) is 0 Å². The van der Waals surface area contributed by atoms with Crippen molar-refractivity contribution in [3.63, 3.8) is 0 Å². The van der Waals surface area contributed by atoms with Gasteiger partial charge in [-0.25, -0.2) is 0 Å². The summed E-state index contributed by atoms with van der Waals surface area (Å²) in [4.78, 5) is 0.949. The van der Waals surface area contributed by atoms with Crippen molar-refractivity contribution in [2.75, 3.05) is 0 Å². The highest BCUT2D eigenvalue weighted by Gasteiger charge is 2.30. The Bertz CT molecular complexity index is 618. The van der Waals surface area contributed by atoms with Crippen LogP contribution in [-0.4, -0.2) is 10.7 Å². The number of hydrogen-bond acceptors (Lipinski definition) is 3. The van der Waals surface area contributed by atoms with Crippen LogP contribution in [0.1, 0.15) is 36.0 Å². The van der Waals surface area contributed by atoms with E-state index in [1.807, 2.05) is 24.3 Å². The van der Waals surface area contributed by atoms with Gasteiger partial charge in [-0.05, 0) is 65.2 Å². The quantitative estimate of drug-likeness (QED) is 0.884. The van der Waals surface area contributed by atoms with Gasteiger partial charge in [-0.3, -0.25) is 0 Å². The van der Waals surface area contributed by atoms with Crippen LogP contribution in [0, 0.1) is 0 Å². The molecule has 2 nitrogen and oxygen atoms in total. The molecule has 2 aromatic rings. The van der Waals surface area contributed by atoms with E-state index in [1.54, 1.807) is 11.3 Å². The summed E-state index contributed by atoms with van der Waals surface area (Å²) < 4.78 is 6.89. The van der Waals surface area contributed by atoms with Crippen LogP contribution in [0.4, 0.5) is 0 Å². The van der Waals surface area contributed by atoms with Crippen molar-refractivity contribution in [2.45, 2.75) is 32.0 Å². The number of rotatable bonds is 2. The van der Waals surface area contributed by atoms with E-state index in [4.69, 9.17) is 4.74 Å². The summed E-state index contributed by atoms with van der Waals surface area (Å²) in [5, 5.41) is 10.4. The second-order valence-corrected chi connectivity index (χ2v) is 7.94. The molecule has 0 spiro atoms. The molecule has 2 heterocycles. The van der Waals surface area contributed by atoms with Crippen molar-refractivity contribution in [3.8, 4) is 5.75 Å². The lowest BCUT2D eigenvalue weighted by Crippen LogP contribution is -2.24. The lowest BCUT2D eigenvalue weighted by Gasteiger charge is -2.16. The second-order valence-electron chi connectivity index (χ2n) is 5.45. The van der Waals surface area contributed by atoms with Crippen molar-refractivity contribution >= 4 is 27.3 Å².